The molecule has 1 unspecified atom stereocenters. The molecule has 1 aliphatic heterocycles. The summed E-state index contributed by atoms with van der Waals surface area (Å²) in [5.74, 6) is -0.245. The molecule has 2 amide bonds. The molecule has 1 N–H and O–H groups in total. The number of aromatic nitrogens is 1. The van der Waals surface area contributed by atoms with E-state index in [0.717, 1.165) is 24.1 Å². The number of alkyl halides is 3. The van der Waals surface area contributed by atoms with Gasteiger partial charge in [-0.05, 0) is 68.9 Å². The Labute approximate surface area is 218 Å². The molecule has 1 aromatic heterocycles. The van der Waals surface area contributed by atoms with Crippen molar-refractivity contribution in [3.8, 4) is 5.75 Å². The highest BCUT2D eigenvalue weighted by molar-refractivity contribution is 7.99. The van der Waals surface area contributed by atoms with Gasteiger partial charge >= 0.3 is 12.2 Å². The summed E-state index contributed by atoms with van der Waals surface area (Å²) in [6.45, 7) is 1.21. The number of hydrogen-bond acceptors (Lipinski definition) is 5. The van der Waals surface area contributed by atoms with Gasteiger partial charge in [0.2, 0.25) is 0 Å². The molecule has 2 aromatic carbocycles. The third-order valence-electron chi connectivity index (χ3n) is 6.11. The van der Waals surface area contributed by atoms with Crippen LogP contribution in [0.2, 0.25) is 0 Å². The van der Waals surface area contributed by atoms with Crippen LogP contribution in [-0.2, 0) is 12.6 Å². The Hall–Kier alpha value is -3.24. The van der Waals surface area contributed by atoms with Crippen molar-refractivity contribution >= 4 is 29.2 Å². The lowest BCUT2D eigenvalue weighted by atomic mass is 10.1. The highest BCUT2D eigenvalue weighted by Crippen LogP contribution is 2.42. The number of nitrogens with one attached hydrogen (secondary N) is 1. The Morgan fingerprint density at radius 3 is 2.57 bits per heavy atom. The summed E-state index contributed by atoms with van der Waals surface area (Å²) < 4.78 is 45.4. The first kappa shape index (κ1) is 26.8. The standard InChI is InChI=1S/C27H29F3N4O2S/c1-33(2)13-12-24(18-7-5-4-6-8-18)37-25-10-9-20(17-31-25)32-26(35)34-14-11-19-15-23(36-3)21(16-22(19)34)27(28,29)30/h4-10,15-17,24H,11-14H2,1-3H3,(H,32,35). The predicted molar refractivity (Wildman–Crippen MR) is 141 cm³/mol. The molecule has 196 valence electrons. The van der Waals surface area contributed by atoms with Crippen LogP contribution in [0.15, 0.2) is 65.8 Å². The Bertz CT molecular complexity index is 1220. The third-order valence-corrected chi connectivity index (χ3v) is 7.38. The Balaban J connectivity index is 1.46. The van der Waals surface area contributed by atoms with Crippen LogP contribution < -0.4 is 15.0 Å². The minimum Gasteiger partial charge on any atom is -0.496 e. The number of nitrogens with zero attached hydrogens (tertiary/aromatic N) is 3. The number of amides is 2. The molecule has 0 aliphatic carbocycles. The van der Waals surface area contributed by atoms with Crippen LogP contribution in [0.4, 0.5) is 29.3 Å². The summed E-state index contributed by atoms with van der Waals surface area (Å²) in [7, 11) is 5.29. The van der Waals surface area contributed by atoms with E-state index in [2.05, 4.69) is 27.3 Å². The van der Waals surface area contributed by atoms with E-state index in [-0.39, 0.29) is 23.2 Å². The summed E-state index contributed by atoms with van der Waals surface area (Å²) in [5, 5.41) is 3.80. The van der Waals surface area contributed by atoms with Crippen LogP contribution >= 0.6 is 11.8 Å². The highest BCUT2D eigenvalue weighted by atomic mass is 32.2. The van der Waals surface area contributed by atoms with Crippen LogP contribution in [0.1, 0.15) is 28.4 Å². The van der Waals surface area contributed by atoms with Crippen LogP contribution in [0.5, 0.6) is 5.75 Å². The molecule has 0 bridgehead atoms. The Kier molecular flexibility index (Phi) is 8.29. The van der Waals surface area contributed by atoms with Crippen molar-refractivity contribution in [1.29, 1.82) is 0 Å². The molecule has 4 rings (SSSR count). The monoisotopic (exact) mass is 530 g/mol. The number of urea groups is 1. The maximum atomic E-state index is 13.5. The van der Waals surface area contributed by atoms with Crippen molar-refractivity contribution in [3.63, 3.8) is 0 Å². The zero-order chi connectivity index (χ0) is 26.6. The number of methoxy groups -OCH3 is 1. The van der Waals surface area contributed by atoms with Gasteiger partial charge in [0.15, 0.2) is 0 Å². The van der Waals surface area contributed by atoms with Gasteiger partial charge < -0.3 is 15.0 Å². The van der Waals surface area contributed by atoms with Gasteiger partial charge in [-0.3, -0.25) is 4.90 Å². The second-order valence-electron chi connectivity index (χ2n) is 9.00. The predicted octanol–water partition coefficient (Wildman–Crippen LogP) is 6.49. The molecule has 0 spiro atoms. The van der Waals surface area contributed by atoms with E-state index < -0.39 is 17.8 Å². The number of benzene rings is 2. The summed E-state index contributed by atoms with van der Waals surface area (Å²) >= 11 is 1.66. The van der Waals surface area contributed by atoms with Crippen molar-refractivity contribution in [1.82, 2.24) is 9.88 Å². The van der Waals surface area contributed by atoms with E-state index in [9.17, 15) is 18.0 Å². The number of fused-ring (bicyclic) bond motifs is 1. The molecular formula is C27H29F3N4O2S. The molecule has 2 heterocycles. The SMILES string of the molecule is COc1cc2c(cc1C(F)(F)F)N(C(=O)Nc1ccc(SC(CCN(C)C)c3ccccc3)nc1)CC2. The van der Waals surface area contributed by atoms with Crippen molar-refractivity contribution in [2.24, 2.45) is 0 Å². The quantitative estimate of drug-likeness (QED) is 0.338. The lowest BCUT2D eigenvalue weighted by molar-refractivity contribution is -0.138. The number of thioether (sulfide) groups is 1. The van der Waals surface area contributed by atoms with Gasteiger partial charge in [-0.15, -0.1) is 0 Å². The highest BCUT2D eigenvalue weighted by Gasteiger charge is 2.37. The number of anilines is 2. The van der Waals surface area contributed by atoms with Gasteiger partial charge in [-0.25, -0.2) is 9.78 Å². The third kappa shape index (κ3) is 6.56. The molecule has 1 aliphatic rings. The van der Waals surface area contributed by atoms with E-state index in [1.165, 1.54) is 23.6 Å². The number of carbonyl (C=O) groups excluding carboxylic acids is 1. The van der Waals surface area contributed by atoms with Gasteiger partial charge in [-0.1, -0.05) is 42.1 Å². The lowest BCUT2D eigenvalue weighted by Crippen LogP contribution is -2.33. The van der Waals surface area contributed by atoms with Gasteiger partial charge in [-0.2, -0.15) is 13.2 Å². The van der Waals surface area contributed by atoms with Gasteiger partial charge in [0.05, 0.1) is 29.6 Å². The Morgan fingerprint density at radius 1 is 1.19 bits per heavy atom. The van der Waals surface area contributed by atoms with Crippen LogP contribution in [0.3, 0.4) is 0 Å². The van der Waals surface area contributed by atoms with Crippen molar-refractivity contribution < 1.29 is 22.7 Å². The normalized spacial score (nSPS) is 14.0. The molecule has 0 radical (unpaired) electrons. The van der Waals surface area contributed by atoms with E-state index in [1.807, 2.05) is 38.4 Å². The van der Waals surface area contributed by atoms with Crippen molar-refractivity contribution in [2.45, 2.75) is 29.3 Å². The summed E-state index contributed by atoms with van der Waals surface area (Å²) in [5.41, 5.74) is 1.65. The van der Waals surface area contributed by atoms with Gasteiger partial charge in [0.1, 0.15) is 5.75 Å². The van der Waals surface area contributed by atoms with Gasteiger partial charge in [0, 0.05) is 17.5 Å². The number of hydrogen-bond donors (Lipinski definition) is 1. The fourth-order valence-electron chi connectivity index (χ4n) is 4.21. The minimum atomic E-state index is -4.59. The summed E-state index contributed by atoms with van der Waals surface area (Å²) in [6.07, 6.45) is -1.63. The van der Waals surface area contributed by atoms with E-state index in [4.69, 9.17) is 4.74 Å². The molecule has 0 saturated heterocycles. The van der Waals surface area contributed by atoms with Crippen molar-refractivity contribution in [3.05, 3.63) is 77.5 Å². The molecule has 10 heteroatoms. The van der Waals surface area contributed by atoms with Crippen molar-refractivity contribution in [2.75, 3.05) is 44.5 Å². The van der Waals surface area contributed by atoms with Gasteiger partial charge in [0.25, 0.3) is 0 Å². The summed E-state index contributed by atoms with van der Waals surface area (Å²) in [6, 6.07) is 15.7. The smallest absolute Gasteiger partial charge is 0.420 e. The minimum absolute atomic E-state index is 0.220. The maximum Gasteiger partial charge on any atom is 0.420 e. The first-order chi connectivity index (χ1) is 17.7. The molecule has 6 nitrogen and oxygen atoms in total. The zero-order valence-corrected chi connectivity index (χ0v) is 21.7. The largest absolute Gasteiger partial charge is 0.496 e. The second-order valence-corrected chi connectivity index (χ2v) is 10.2. The second kappa shape index (κ2) is 11.4. The number of rotatable bonds is 8. The average molecular weight is 531 g/mol. The lowest BCUT2D eigenvalue weighted by Gasteiger charge is -2.21. The molecule has 37 heavy (non-hydrogen) atoms. The molecule has 0 saturated carbocycles. The van der Waals surface area contributed by atoms with E-state index in [0.29, 0.717) is 17.7 Å². The molecular weight excluding hydrogens is 501 g/mol. The molecule has 1 atom stereocenters. The van der Waals surface area contributed by atoms with Crippen LogP contribution in [-0.4, -0.2) is 50.2 Å². The average Bonchev–Trinajstić information content (AvgIpc) is 3.30. The summed E-state index contributed by atoms with van der Waals surface area (Å²) in [4.78, 5) is 20.9. The van der Waals surface area contributed by atoms with E-state index >= 15 is 0 Å². The fourth-order valence-corrected chi connectivity index (χ4v) is 5.28. The van der Waals surface area contributed by atoms with Crippen LogP contribution in [0, 0.1) is 0 Å². The first-order valence-corrected chi connectivity index (χ1v) is 12.7. The zero-order valence-electron chi connectivity index (χ0n) is 20.9. The number of carbonyl (C=O) groups is 1. The number of pyridine rings is 1. The number of halogens is 3. The van der Waals surface area contributed by atoms with Crippen LogP contribution in [0.25, 0.3) is 0 Å². The maximum absolute atomic E-state index is 13.5. The molecule has 3 aromatic rings. The fraction of sp³-hybridized carbons (Fsp3) is 0.333. The van der Waals surface area contributed by atoms with E-state index in [1.54, 1.807) is 24.0 Å². The Morgan fingerprint density at radius 2 is 1.95 bits per heavy atom. The first-order valence-electron chi connectivity index (χ1n) is 11.8. The number of ether oxygens (including phenoxy) is 1. The molecule has 0 fully saturated rings. The topological polar surface area (TPSA) is 57.7 Å².